The van der Waals surface area contributed by atoms with E-state index in [1.165, 1.54) is 0 Å². The van der Waals surface area contributed by atoms with Crippen LogP contribution < -0.4 is 0 Å². The number of nitrogens with zero attached hydrogens (tertiary/aromatic N) is 5. The van der Waals surface area contributed by atoms with Crippen molar-refractivity contribution in [3.8, 4) is 12.1 Å². The number of hydrogen-bond acceptors (Lipinski definition) is 4. The molecule has 0 aliphatic rings. The van der Waals surface area contributed by atoms with Gasteiger partial charge >= 0.3 is 0 Å². The summed E-state index contributed by atoms with van der Waals surface area (Å²) < 4.78 is 1.76. The van der Waals surface area contributed by atoms with E-state index < -0.39 is 10.8 Å². The summed E-state index contributed by atoms with van der Waals surface area (Å²) >= 11 is 0. The third-order valence-electron chi connectivity index (χ3n) is 3.99. The van der Waals surface area contributed by atoms with E-state index in [0.717, 1.165) is 22.5 Å². The second-order valence-electron chi connectivity index (χ2n) is 6.88. The van der Waals surface area contributed by atoms with Gasteiger partial charge < -0.3 is 0 Å². The number of hydrogen-bond donors (Lipinski definition) is 0. The minimum Gasteiger partial charge on any atom is -0.248 e. The Bertz CT molecular complexity index is 755. The highest BCUT2D eigenvalue weighted by Crippen LogP contribution is 2.30. The van der Waals surface area contributed by atoms with E-state index in [2.05, 4.69) is 22.2 Å². The summed E-state index contributed by atoms with van der Waals surface area (Å²) in [6.07, 6.45) is 1.69. The first-order chi connectivity index (χ1) is 10.7. The summed E-state index contributed by atoms with van der Waals surface area (Å²) in [7, 11) is 0. The summed E-state index contributed by atoms with van der Waals surface area (Å²) in [5, 5.41) is 23.2. The van der Waals surface area contributed by atoms with Crippen molar-refractivity contribution in [1.29, 1.82) is 10.5 Å². The van der Waals surface area contributed by atoms with Crippen LogP contribution in [0.15, 0.2) is 24.5 Å². The van der Waals surface area contributed by atoms with Gasteiger partial charge in [0, 0.05) is 0 Å². The average molecular weight is 307 g/mol. The lowest BCUT2D eigenvalue weighted by molar-refractivity contribution is 0.644. The molecule has 118 valence electrons. The van der Waals surface area contributed by atoms with Gasteiger partial charge in [0.2, 0.25) is 0 Å². The van der Waals surface area contributed by atoms with E-state index in [1.54, 1.807) is 11.0 Å². The summed E-state index contributed by atoms with van der Waals surface area (Å²) in [4.78, 5) is 4.13. The Morgan fingerprint density at radius 2 is 1.52 bits per heavy atom. The van der Waals surface area contributed by atoms with E-state index in [-0.39, 0.29) is 0 Å². The van der Waals surface area contributed by atoms with E-state index in [0.29, 0.717) is 6.54 Å². The second kappa shape index (κ2) is 5.85. The molecule has 0 saturated heterocycles. The summed E-state index contributed by atoms with van der Waals surface area (Å²) in [6.45, 7) is 9.94. The van der Waals surface area contributed by atoms with Crippen LogP contribution in [0.4, 0.5) is 0 Å². The molecule has 0 spiro atoms. The fraction of sp³-hybridized carbons (Fsp3) is 0.444. The molecule has 0 bridgehead atoms. The minimum absolute atomic E-state index is 0.560. The molecule has 2 rings (SSSR count). The van der Waals surface area contributed by atoms with Gasteiger partial charge in [0.05, 0.1) is 29.5 Å². The lowest BCUT2D eigenvalue weighted by atomic mass is 9.79. The van der Waals surface area contributed by atoms with Gasteiger partial charge in [-0.25, -0.2) is 9.67 Å². The summed E-state index contributed by atoms with van der Waals surface area (Å²) in [6, 6.07) is 10.6. The molecule has 0 aliphatic heterocycles. The number of rotatable bonds is 4. The van der Waals surface area contributed by atoms with Crippen molar-refractivity contribution in [3.05, 3.63) is 47.0 Å². The van der Waals surface area contributed by atoms with E-state index in [9.17, 15) is 10.5 Å². The molecule has 0 aliphatic carbocycles. The molecule has 5 nitrogen and oxygen atoms in total. The number of aromatic nitrogens is 3. The molecule has 0 unspecified atom stereocenters. The molecule has 23 heavy (non-hydrogen) atoms. The standard InChI is InChI=1S/C18H21N5/c1-13-21-12-23(22-13)9-14-6-15(17(2,3)10-19)8-16(7-14)18(4,5)11-20/h6-8,12H,9H2,1-5H3. The molecule has 0 atom stereocenters. The first-order valence-electron chi connectivity index (χ1n) is 7.51. The molecule has 2 aromatic rings. The van der Waals surface area contributed by atoms with Crippen molar-refractivity contribution >= 4 is 0 Å². The highest BCUT2D eigenvalue weighted by Gasteiger charge is 2.26. The normalized spacial score (nSPS) is 11.8. The van der Waals surface area contributed by atoms with E-state index in [4.69, 9.17) is 0 Å². The third-order valence-corrected chi connectivity index (χ3v) is 3.99. The predicted molar refractivity (Wildman–Crippen MR) is 87.6 cm³/mol. The van der Waals surface area contributed by atoms with Crippen LogP contribution >= 0.6 is 0 Å². The van der Waals surface area contributed by atoms with Gasteiger partial charge in [0.15, 0.2) is 0 Å². The molecule has 0 fully saturated rings. The largest absolute Gasteiger partial charge is 0.248 e. The lowest BCUT2D eigenvalue weighted by Gasteiger charge is -2.23. The van der Waals surface area contributed by atoms with Gasteiger partial charge in [0.1, 0.15) is 12.2 Å². The molecule has 0 N–H and O–H groups in total. The molecule has 0 amide bonds. The van der Waals surface area contributed by atoms with Crippen LogP contribution in [0, 0.1) is 29.6 Å². The van der Waals surface area contributed by atoms with Crippen LogP contribution in [0.2, 0.25) is 0 Å². The zero-order valence-electron chi connectivity index (χ0n) is 14.3. The number of aryl methyl sites for hydroxylation is 1. The molecule has 1 aromatic carbocycles. The van der Waals surface area contributed by atoms with Gasteiger partial charge in [-0.05, 0) is 51.3 Å². The Morgan fingerprint density at radius 1 is 1.00 bits per heavy atom. The van der Waals surface area contributed by atoms with Crippen LogP contribution in [0.3, 0.4) is 0 Å². The predicted octanol–water partition coefficient (Wildman–Crippen LogP) is 3.24. The summed E-state index contributed by atoms with van der Waals surface area (Å²) in [5.74, 6) is 0.719. The van der Waals surface area contributed by atoms with E-state index >= 15 is 0 Å². The molecule has 0 radical (unpaired) electrons. The fourth-order valence-corrected chi connectivity index (χ4v) is 2.29. The minimum atomic E-state index is -0.616. The third kappa shape index (κ3) is 3.57. The Balaban J connectivity index is 2.54. The topological polar surface area (TPSA) is 78.3 Å². The Kier molecular flexibility index (Phi) is 4.25. The summed E-state index contributed by atoms with van der Waals surface area (Å²) in [5.41, 5.74) is 1.60. The van der Waals surface area contributed by atoms with Crippen molar-refractivity contribution in [3.63, 3.8) is 0 Å². The maximum absolute atomic E-state index is 9.44. The zero-order valence-corrected chi connectivity index (χ0v) is 14.3. The van der Waals surface area contributed by atoms with Gasteiger partial charge in [-0.3, -0.25) is 0 Å². The Hall–Kier alpha value is -2.66. The van der Waals surface area contributed by atoms with Crippen molar-refractivity contribution < 1.29 is 0 Å². The first kappa shape index (κ1) is 16.7. The Labute approximate surface area is 137 Å². The molecule has 5 heteroatoms. The van der Waals surface area contributed by atoms with Gasteiger partial charge in [-0.2, -0.15) is 15.6 Å². The van der Waals surface area contributed by atoms with Crippen molar-refractivity contribution in [2.24, 2.45) is 0 Å². The van der Waals surface area contributed by atoms with Crippen molar-refractivity contribution in [2.75, 3.05) is 0 Å². The van der Waals surface area contributed by atoms with Gasteiger partial charge in [-0.15, -0.1) is 0 Å². The van der Waals surface area contributed by atoms with Crippen molar-refractivity contribution in [2.45, 2.75) is 52.0 Å². The first-order valence-corrected chi connectivity index (χ1v) is 7.51. The highest BCUT2D eigenvalue weighted by molar-refractivity contribution is 5.42. The lowest BCUT2D eigenvalue weighted by Crippen LogP contribution is -2.20. The molecule has 0 saturated carbocycles. The van der Waals surface area contributed by atoms with Gasteiger partial charge in [-0.1, -0.05) is 18.2 Å². The average Bonchev–Trinajstić information content (AvgIpc) is 2.92. The maximum Gasteiger partial charge on any atom is 0.147 e. The van der Waals surface area contributed by atoms with Crippen molar-refractivity contribution in [1.82, 2.24) is 14.8 Å². The number of nitriles is 2. The quantitative estimate of drug-likeness (QED) is 0.868. The molecular weight excluding hydrogens is 286 g/mol. The smallest absolute Gasteiger partial charge is 0.147 e. The van der Waals surface area contributed by atoms with Crippen LogP contribution in [-0.2, 0) is 17.4 Å². The molecule has 1 aromatic heterocycles. The van der Waals surface area contributed by atoms with E-state index in [1.807, 2.05) is 52.8 Å². The highest BCUT2D eigenvalue weighted by atomic mass is 15.3. The van der Waals surface area contributed by atoms with Gasteiger partial charge in [0.25, 0.3) is 0 Å². The van der Waals surface area contributed by atoms with Crippen LogP contribution in [0.5, 0.6) is 0 Å². The molecular formula is C18H21N5. The maximum atomic E-state index is 9.44. The molecule has 1 heterocycles. The SMILES string of the molecule is Cc1ncn(Cc2cc(C(C)(C)C#N)cc(C(C)(C)C#N)c2)n1. The fourth-order valence-electron chi connectivity index (χ4n) is 2.29. The zero-order chi connectivity index (χ0) is 17.3. The second-order valence-corrected chi connectivity index (χ2v) is 6.88. The number of benzene rings is 1. The van der Waals surface area contributed by atoms with Crippen LogP contribution in [-0.4, -0.2) is 14.8 Å². The van der Waals surface area contributed by atoms with Crippen LogP contribution in [0.1, 0.15) is 50.2 Å². The van der Waals surface area contributed by atoms with Crippen LogP contribution in [0.25, 0.3) is 0 Å². The Morgan fingerprint density at radius 3 is 1.91 bits per heavy atom. The monoisotopic (exact) mass is 307 g/mol.